The van der Waals surface area contributed by atoms with Crippen LogP contribution in [0.25, 0.3) is 0 Å². The largest absolute Gasteiger partial charge is 0.416 e. The second-order valence-corrected chi connectivity index (χ2v) is 5.84. The number of fused-ring (bicyclic) bond motifs is 1. The molecule has 2 aromatic carbocycles. The zero-order chi connectivity index (χ0) is 17.2. The lowest BCUT2D eigenvalue weighted by molar-refractivity contribution is -0.137. The lowest BCUT2D eigenvalue weighted by Gasteiger charge is -2.26. The van der Waals surface area contributed by atoms with Gasteiger partial charge in [-0.2, -0.15) is 13.2 Å². The van der Waals surface area contributed by atoms with Crippen LogP contribution in [-0.4, -0.2) is 18.5 Å². The zero-order valence-corrected chi connectivity index (χ0v) is 12.9. The van der Waals surface area contributed by atoms with Gasteiger partial charge in [0.05, 0.1) is 5.56 Å². The predicted octanol–water partition coefficient (Wildman–Crippen LogP) is 3.15. The number of rotatable bonds is 3. The highest BCUT2D eigenvalue weighted by Gasteiger charge is 2.30. The van der Waals surface area contributed by atoms with Gasteiger partial charge in [0.1, 0.15) is 0 Å². The summed E-state index contributed by atoms with van der Waals surface area (Å²) >= 11 is 0. The number of carbonyl (C=O) groups excluding carboxylic acids is 1. The van der Waals surface area contributed by atoms with Crippen LogP contribution in [0.5, 0.6) is 0 Å². The smallest absolute Gasteiger partial charge is 0.350 e. The number of alkyl halides is 3. The van der Waals surface area contributed by atoms with Gasteiger partial charge in [-0.25, -0.2) is 0 Å². The molecule has 1 aliphatic heterocycles. The second kappa shape index (κ2) is 6.65. The van der Waals surface area contributed by atoms with Gasteiger partial charge in [-0.3, -0.25) is 4.79 Å². The van der Waals surface area contributed by atoms with E-state index in [0.717, 1.165) is 25.1 Å². The third-order valence-electron chi connectivity index (χ3n) is 4.15. The molecular weight excluding hydrogens is 317 g/mol. The van der Waals surface area contributed by atoms with E-state index in [-0.39, 0.29) is 17.5 Å². The fraction of sp³-hybridized carbons (Fsp3) is 0.278. The fourth-order valence-corrected chi connectivity index (χ4v) is 2.79. The molecule has 0 radical (unpaired) electrons. The lowest BCUT2D eigenvalue weighted by Crippen LogP contribution is -2.44. The molecule has 0 fully saturated rings. The van der Waals surface area contributed by atoms with Crippen LogP contribution in [0, 0.1) is 0 Å². The van der Waals surface area contributed by atoms with Crippen LogP contribution in [-0.2, 0) is 19.1 Å². The quantitative estimate of drug-likeness (QED) is 0.905. The van der Waals surface area contributed by atoms with Crippen molar-refractivity contribution in [2.75, 3.05) is 6.54 Å². The number of benzene rings is 2. The molecule has 1 unspecified atom stereocenters. The average Bonchev–Trinajstić information content (AvgIpc) is 2.59. The normalized spacial score (nSPS) is 17.2. The molecule has 6 heteroatoms. The number of carbonyl (C=O) groups is 1. The van der Waals surface area contributed by atoms with Gasteiger partial charge in [0, 0.05) is 24.7 Å². The van der Waals surface area contributed by atoms with E-state index in [1.165, 1.54) is 23.3 Å². The van der Waals surface area contributed by atoms with E-state index >= 15 is 0 Å². The van der Waals surface area contributed by atoms with E-state index in [1.807, 2.05) is 12.1 Å². The Kier molecular flexibility index (Phi) is 4.57. The van der Waals surface area contributed by atoms with E-state index in [2.05, 4.69) is 22.8 Å². The van der Waals surface area contributed by atoms with E-state index < -0.39 is 11.7 Å². The number of halogens is 3. The molecule has 0 saturated heterocycles. The summed E-state index contributed by atoms with van der Waals surface area (Å²) in [6, 6.07) is 12.5. The first-order valence-electron chi connectivity index (χ1n) is 7.69. The van der Waals surface area contributed by atoms with Gasteiger partial charge in [0.25, 0.3) is 5.91 Å². The van der Waals surface area contributed by atoms with Crippen molar-refractivity contribution >= 4 is 5.91 Å². The Bertz CT molecular complexity index is 726. The summed E-state index contributed by atoms with van der Waals surface area (Å²) in [5, 5.41) is 6.12. The highest BCUT2D eigenvalue weighted by molar-refractivity contribution is 5.94. The first kappa shape index (κ1) is 16.5. The van der Waals surface area contributed by atoms with E-state index in [1.54, 1.807) is 0 Å². The average molecular weight is 334 g/mol. The molecule has 0 aromatic heterocycles. The molecule has 0 saturated carbocycles. The summed E-state index contributed by atoms with van der Waals surface area (Å²) < 4.78 is 37.6. The van der Waals surface area contributed by atoms with Crippen LogP contribution >= 0.6 is 0 Å². The van der Waals surface area contributed by atoms with Crippen molar-refractivity contribution < 1.29 is 18.0 Å². The third-order valence-corrected chi connectivity index (χ3v) is 4.15. The topological polar surface area (TPSA) is 41.1 Å². The SMILES string of the molecule is O=C(NCC1Cc2ccccc2CN1)c1ccc(C(F)(F)F)cc1. The maximum absolute atomic E-state index is 12.5. The van der Waals surface area contributed by atoms with Crippen LogP contribution in [0.3, 0.4) is 0 Å². The number of amides is 1. The van der Waals surface area contributed by atoms with Gasteiger partial charge in [-0.05, 0) is 41.8 Å². The summed E-state index contributed by atoms with van der Waals surface area (Å²) in [5.74, 6) is -0.371. The first-order valence-corrected chi connectivity index (χ1v) is 7.69. The molecule has 1 atom stereocenters. The maximum atomic E-state index is 12.5. The van der Waals surface area contributed by atoms with Crippen molar-refractivity contribution in [2.24, 2.45) is 0 Å². The second-order valence-electron chi connectivity index (χ2n) is 5.84. The monoisotopic (exact) mass is 334 g/mol. The van der Waals surface area contributed by atoms with Gasteiger partial charge in [-0.1, -0.05) is 24.3 Å². The molecule has 0 spiro atoms. The van der Waals surface area contributed by atoms with Gasteiger partial charge in [0.15, 0.2) is 0 Å². The highest BCUT2D eigenvalue weighted by Crippen LogP contribution is 2.29. The van der Waals surface area contributed by atoms with Crippen molar-refractivity contribution in [3.63, 3.8) is 0 Å². The van der Waals surface area contributed by atoms with Gasteiger partial charge in [-0.15, -0.1) is 0 Å². The van der Waals surface area contributed by atoms with Crippen LogP contribution in [0.1, 0.15) is 27.0 Å². The van der Waals surface area contributed by atoms with Crippen LogP contribution in [0.15, 0.2) is 48.5 Å². The summed E-state index contributed by atoms with van der Waals surface area (Å²) in [7, 11) is 0. The van der Waals surface area contributed by atoms with Crippen LogP contribution < -0.4 is 10.6 Å². The van der Waals surface area contributed by atoms with E-state index in [4.69, 9.17) is 0 Å². The van der Waals surface area contributed by atoms with Gasteiger partial charge in [0.2, 0.25) is 0 Å². The minimum Gasteiger partial charge on any atom is -0.350 e. The van der Waals surface area contributed by atoms with Crippen molar-refractivity contribution in [3.05, 3.63) is 70.8 Å². The Labute approximate surface area is 137 Å². The van der Waals surface area contributed by atoms with Crippen molar-refractivity contribution in [2.45, 2.75) is 25.2 Å². The number of hydrogen-bond donors (Lipinski definition) is 2. The Morgan fingerprint density at radius 2 is 1.75 bits per heavy atom. The molecule has 0 bridgehead atoms. The van der Waals surface area contributed by atoms with E-state index in [0.29, 0.717) is 6.54 Å². The molecule has 126 valence electrons. The van der Waals surface area contributed by atoms with Gasteiger partial charge >= 0.3 is 6.18 Å². The molecular formula is C18H17F3N2O. The molecule has 3 nitrogen and oxygen atoms in total. The molecule has 3 rings (SSSR count). The van der Waals surface area contributed by atoms with Crippen LogP contribution in [0.4, 0.5) is 13.2 Å². The Morgan fingerprint density at radius 1 is 1.08 bits per heavy atom. The fourth-order valence-electron chi connectivity index (χ4n) is 2.79. The van der Waals surface area contributed by atoms with Crippen molar-refractivity contribution in [1.82, 2.24) is 10.6 Å². The Balaban J connectivity index is 1.56. The van der Waals surface area contributed by atoms with Gasteiger partial charge < -0.3 is 10.6 Å². The third kappa shape index (κ3) is 3.76. The maximum Gasteiger partial charge on any atom is 0.416 e. The molecule has 1 aliphatic rings. The number of nitrogens with one attached hydrogen (secondary N) is 2. The van der Waals surface area contributed by atoms with E-state index in [9.17, 15) is 18.0 Å². The minimum atomic E-state index is -4.39. The molecule has 2 N–H and O–H groups in total. The van der Waals surface area contributed by atoms with Crippen molar-refractivity contribution in [3.8, 4) is 0 Å². The summed E-state index contributed by atoms with van der Waals surface area (Å²) in [6.45, 7) is 1.17. The molecule has 0 aliphatic carbocycles. The minimum absolute atomic E-state index is 0.110. The predicted molar refractivity (Wildman–Crippen MR) is 84.6 cm³/mol. The molecule has 24 heavy (non-hydrogen) atoms. The summed E-state index contributed by atoms with van der Waals surface area (Å²) in [6.07, 6.45) is -3.59. The molecule has 1 amide bonds. The highest BCUT2D eigenvalue weighted by atomic mass is 19.4. The molecule has 2 aromatic rings. The lowest BCUT2D eigenvalue weighted by atomic mass is 9.96. The summed E-state index contributed by atoms with van der Waals surface area (Å²) in [5.41, 5.74) is 1.97. The Morgan fingerprint density at radius 3 is 2.42 bits per heavy atom. The molecule has 1 heterocycles. The van der Waals surface area contributed by atoms with Crippen molar-refractivity contribution in [1.29, 1.82) is 0 Å². The van der Waals surface area contributed by atoms with Crippen LogP contribution in [0.2, 0.25) is 0 Å². The standard InChI is InChI=1S/C18H17F3N2O/c19-18(20,21)15-7-5-12(6-8-15)17(24)23-11-16-9-13-3-1-2-4-14(13)10-22-16/h1-8,16,22H,9-11H2,(H,23,24). The Hall–Kier alpha value is -2.34. The zero-order valence-electron chi connectivity index (χ0n) is 12.9. The first-order chi connectivity index (χ1) is 11.4. The summed E-state index contributed by atoms with van der Waals surface area (Å²) in [4.78, 5) is 12.1. The number of hydrogen-bond acceptors (Lipinski definition) is 2.